The Hall–Kier alpha value is -1.06. The van der Waals surface area contributed by atoms with Crippen LogP contribution >= 0.6 is 0 Å². The molecule has 1 unspecified atom stereocenters. The number of ether oxygens (including phenoxy) is 1. The topological polar surface area (TPSA) is 47.3 Å². The predicted octanol–water partition coefficient (Wildman–Crippen LogP) is 1.69. The van der Waals surface area contributed by atoms with Gasteiger partial charge < -0.3 is 15.8 Å². The van der Waals surface area contributed by atoms with Crippen molar-refractivity contribution in [1.29, 1.82) is 0 Å². The van der Waals surface area contributed by atoms with Crippen LogP contribution in [0, 0.1) is 0 Å². The van der Waals surface area contributed by atoms with E-state index in [0.717, 1.165) is 18.7 Å². The maximum Gasteiger partial charge on any atom is 0.118 e. The molecule has 3 heteroatoms. The lowest BCUT2D eigenvalue weighted by Crippen LogP contribution is -2.26. The van der Waals surface area contributed by atoms with Crippen molar-refractivity contribution in [2.45, 2.75) is 19.4 Å². The highest BCUT2D eigenvalue weighted by Crippen LogP contribution is 2.19. The summed E-state index contributed by atoms with van der Waals surface area (Å²) < 4.78 is 5.12. The number of hydrogen-bond donors (Lipinski definition) is 2. The molecular weight excluding hydrogens is 188 g/mol. The zero-order chi connectivity index (χ0) is 11.1. The average Bonchev–Trinajstić information content (AvgIpc) is 2.31. The van der Waals surface area contributed by atoms with Gasteiger partial charge in [-0.05, 0) is 24.1 Å². The Morgan fingerprint density at radius 3 is 2.47 bits per heavy atom. The Bertz CT molecular complexity index is 271. The first-order valence-electron chi connectivity index (χ1n) is 5.39. The van der Waals surface area contributed by atoms with Crippen molar-refractivity contribution in [3.8, 4) is 5.75 Å². The first-order valence-corrected chi connectivity index (χ1v) is 5.39. The molecule has 0 aromatic heterocycles. The van der Waals surface area contributed by atoms with E-state index in [0.29, 0.717) is 12.6 Å². The van der Waals surface area contributed by atoms with Crippen molar-refractivity contribution in [3.63, 3.8) is 0 Å². The lowest BCUT2D eigenvalue weighted by Gasteiger charge is -2.17. The Kier molecular flexibility index (Phi) is 5.15. The summed E-state index contributed by atoms with van der Waals surface area (Å²) in [4.78, 5) is 0. The molecule has 0 aliphatic carbocycles. The van der Waals surface area contributed by atoms with Crippen LogP contribution in [0.2, 0.25) is 0 Å². The number of rotatable bonds is 6. The van der Waals surface area contributed by atoms with Gasteiger partial charge in [0, 0.05) is 19.1 Å². The van der Waals surface area contributed by atoms with Crippen LogP contribution < -0.4 is 15.8 Å². The third-order valence-electron chi connectivity index (χ3n) is 2.46. The summed E-state index contributed by atoms with van der Waals surface area (Å²) in [5.41, 5.74) is 6.76. The third-order valence-corrected chi connectivity index (χ3v) is 2.46. The van der Waals surface area contributed by atoms with Gasteiger partial charge in [-0.3, -0.25) is 0 Å². The van der Waals surface area contributed by atoms with E-state index < -0.39 is 0 Å². The monoisotopic (exact) mass is 208 g/mol. The highest BCUT2D eigenvalue weighted by atomic mass is 16.5. The quantitative estimate of drug-likeness (QED) is 0.748. The first-order chi connectivity index (χ1) is 7.31. The van der Waals surface area contributed by atoms with E-state index in [1.165, 1.54) is 5.56 Å². The van der Waals surface area contributed by atoms with Gasteiger partial charge in [0.15, 0.2) is 0 Å². The minimum atomic E-state index is 0.388. The molecule has 0 heterocycles. The van der Waals surface area contributed by atoms with Crippen molar-refractivity contribution in [3.05, 3.63) is 29.8 Å². The molecule has 0 saturated carbocycles. The molecule has 0 amide bonds. The fraction of sp³-hybridized carbons (Fsp3) is 0.500. The molecule has 0 aliphatic heterocycles. The maximum absolute atomic E-state index is 5.47. The van der Waals surface area contributed by atoms with Gasteiger partial charge >= 0.3 is 0 Å². The predicted molar refractivity (Wildman–Crippen MR) is 63.1 cm³/mol. The lowest BCUT2D eigenvalue weighted by molar-refractivity contribution is 0.414. The van der Waals surface area contributed by atoms with Crippen LogP contribution in [0.5, 0.6) is 5.75 Å². The first kappa shape index (κ1) is 12.0. The molecule has 0 spiro atoms. The second-order valence-electron chi connectivity index (χ2n) is 3.48. The van der Waals surface area contributed by atoms with Crippen LogP contribution in [0.3, 0.4) is 0 Å². The Balaban J connectivity index is 2.65. The Morgan fingerprint density at radius 2 is 2.00 bits per heavy atom. The number of nitrogens with one attached hydrogen (secondary N) is 1. The summed E-state index contributed by atoms with van der Waals surface area (Å²) in [6, 6.07) is 8.55. The molecule has 0 aliphatic rings. The third kappa shape index (κ3) is 3.53. The molecule has 1 aromatic rings. The highest BCUT2D eigenvalue weighted by Gasteiger charge is 2.07. The fourth-order valence-electron chi connectivity index (χ4n) is 1.59. The molecule has 0 saturated heterocycles. The van der Waals surface area contributed by atoms with Gasteiger partial charge in [-0.25, -0.2) is 0 Å². The molecule has 0 radical (unpaired) electrons. The molecule has 0 fully saturated rings. The minimum Gasteiger partial charge on any atom is -0.497 e. The highest BCUT2D eigenvalue weighted by molar-refractivity contribution is 5.29. The molecule has 1 aromatic carbocycles. The van der Waals surface area contributed by atoms with Gasteiger partial charge in [0.05, 0.1) is 7.11 Å². The molecule has 3 nitrogen and oxygen atoms in total. The van der Waals surface area contributed by atoms with E-state index in [1.807, 2.05) is 12.1 Å². The molecular formula is C12H20N2O. The molecule has 1 atom stereocenters. The van der Waals surface area contributed by atoms with Gasteiger partial charge in [0.25, 0.3) is 0 Å². The van der Waals surface area contributed by atoms with E-state index in [2.05, 4.69) is 24.4 Å². The minimum absolute atomic E-state index is 0.388. The van der Waals surface area contributed by atoms with Crippen LogP contribution in [0.4, 0.5) is 0 Å². The molecule has 0 bridgehead atoms. The van der Waals surface area contributed by atoms with Crippen LogP contribution in [0.1, 0.15) is 24.9 Å². The number of methoxy groups -OCH3 is 1. The summed E-state index contributed by atoms with van der Waals surface area (Å²) in [5, 5.41) is 3.41. The number of hydrogen-bond acceptors (Lipinski definition) is 3. The van der Waals surface area contributed by atoms with Gasteiger partial charge in [-0.15, -0.1) is 0 Å². The van der Waals surface area contributed by atoms with Crippen LogP contribution in [0.15, 0.2) is 24.3 Å². The number of nitrogens with two attached hydrogens (primary N) is 1. The summed E-state index contributed by atoms with van der Waals surface area (Å²) in [7, 11) is 1.68. The van der Waals surface area contributed by atoms with Gasteiger partial charge in [-0.1, -0.05) is 19.1 Å². The smallest absolute Gasteiger partial charge is 0.118 e. The molecule has 1 rings (SSSR count). The van der Waals surface area contributed by atoms with Gasteiger partial charge in [0.1, 0.15) is 5.75 Å². The van der Waals surface area contributed by atoms with Crippen molar-refractivity contribution in [2.24, 2.45) is 5.73 Å². The fourth-order valence-corrected chi connectivity index (χ4v) is 1.59. The maximum atomic E-state index is 5.47. The second kappa shape index (κ2) is 6.43. The normalized spacial score (nSPS) is 12.5. The van der Waals surface area contributed by atoms with E-state index >= 15 is 0 Å². The zero-order valence-electron chi connectivity index (χ0n) is 9.49. The van der Waals surface area contributed by atoms with Crippen molar-refractivity contribution < 1.29 is 4.74 Å². The van der Waals surface area contributed by atoms with E-state index in [1.54, 1.807) is 7.11 Å². The van der Waals surface area contributed by atoms with E-state index in [-0.39, 0.29) is 0 Å². The van der Waals surface area contributed by atoms with Crippen LogP contribution in [-0.2, 0) is 0 Å². The van der Waals surface area contributed by atoms with Crippen molar-refractivity contribution in [1.82, 2.24) is 5.32 Å². The largest absolute Gasteiger partial charge is 0.497 e. The summed E-state index contributed by atoms with van der Waals surface area (Å²) >= 11 is 0. The van der Waals surface area contributed by atoms with Crippen LogP contribution in [-0.4, -0.2) is 20.2 Å². The Morgan fingerprint density at radius 1 is 1.33 bits per heavy atom. The zero-order valence-corrected chi connectivity index (χ0v) is 9.49. The standard InChI is InChI=1S/C12H20N2O/c1-3-12(14-9-8-13)10-4-6-11(15-2)7-5-10/h4-7,12,14H,3,8-9,13H2,1-2H3. The second-order valence-corrected chi connectivity index (χ2v) is 3.48. The lowest BCUT2D eigenvalue weighted by atomic mass is 10.0. The van der Waals surface area contributed by atoms with Crippen molar-refractivity contribution >= 4 is 0 Å². The van der Waals surface area contributed by atoms with E-state index in [9.17, 15) is 0 Å². The summed E-state index contributed by atoms with van der Waals surface area (Å²) in [5.74, 6) is 0.896. The Labute approximate surface area is 91.6 Å². The summed E-state index contributed by atoms with van der Waals surface area (Å²) in [6.07, 6.45) is 1.06. The SMILES string of the molecule is CCC(NCCN)c1ccc(OC)cc1. The molecule has 84 valence electrons. The van der Waals surface area contributed by atoms with Gasteiger partial charge in [0.2, 0.25) is 0 Å². The number of benzene rings is 1. The molecule has 3 N–H and O–H groups in total. The van der Waals surface area contributed by atoms with Crippen LogP contribution in [0.25, 0.3) is 0 Å². The van der Waals surface area contributed by atoms with Gasteiger partial charge in [-0.2, -0.15) is 0 Å². The molecule has 15 heavy (non-hydrogen) atoms. The summed E-state index contributed by atoms with van der Waals surface area (Å²) in [6.45, 7) is 3.69. The average molecular weight is 208 g/mol. The van der Waals surface area contributed by atoms with Crippen molar-refractivity contribution in [2.75, 3.05) is 20.2 Å². The van der Waals surface area contributed by atoms with E-state index in [4.69, 9.17) is 10.5 Å².